The lowest BCUT2D eigenvalue weighted by Crippen LogP contribution is -2.11. The van der Waals surface area contributed by atoms with Crippen LogP contribution in [0.3, 0.4) is 0 Å². The number of rotatable bonds is 4. The number of benzene rings is 1. The average Bonchev–Trinajstić information content (AvgIpc) is 2.78. The van der Waals surface area contributed by atoms with Gasteiger partial charge in [-0.25, -0.2) is 4.99 Å². The van der Waals surface area contributed by atoms with Gasteiger partial charge in [0.05, 0.1) is 26.9 Å². The maximum Gasteiger partial charge on any atom is 0.308 e. The zero-order valence-corrected chi connectivity index (χ0v) is 12.6. The van der Waals surface area contributed by atoms with Crippen LogP contribution in [-0.2, 0) is 7.05 Å². The number of hydrogen-bond donors (Lipinski definition) is 0. The van der Waals surface area contributed by atoms with Gasteiger partial charge in [-0.2, -0.15) is 0 Å². The average molecular weight is 339 g/mol. The summed E-state index contributed by atoms with van der Waals surface area (Å²) in [6.07, 6.45) is 0. The van der Waals surface area contributed by atoms with Gasteiger partial charge in [0.1, 0.15) is 0 Å². The van der Waals surface area contributed by atoms with E-state index < -0.39 is 37.5 Å². The van der Waals surface area contributed by atoms with E-state index in [9.17, 15) is 30.3 Å². The van der Waals surface area contributed by atoms with Crippen LogP contribution in [0, 0.1) is 37.3 Å². The van der Waals surface area contributed by atoms with Crippen LogP contribution in [0.5, 0.6) is 0 Å². The number of hydrogen-bond acceptors (Lipinski definition) is 8. The molecule has 0 N–H and O–H groups in total. The first-order valence-corrected chi connectivity index (χ1v) is 6.87. The third-order valence-corrected chi connectivity index (χ3v) is 4.05. The molecule has 0 aliphatic carbocycles. The van der Waals surface area contributed by atoms with Crippen LogP contribution in [-0.4, -0.2) is 19.3 Å². The van der Waals surface area contributed by atoms with E-state index in [0.29, 0.717) is 16.9 Å². The highest BCUT2D eigenvalue weighted by Gasteiger charge is 2.30. The predicted octanol–water partition coefficient (Wildman–Crippen LogP) is 2.35. The molecule has 1 aromatic carbocycles. The predicted molar refractivity (Wildman–Crippen MR) is 79.7 cm³/mol. The lowest BCUT2D eigenvalue weighted by Gasteiger charge is -2.00. The number of nitro benzene ring substituents is 3. The van der Waals surface area contributed by atoms with Crippen molar-refractivity contribution >= 4 is 34.1 Å². The van der Waals surface area contributed by atoms with Crippen molar-refractivity contribution in [3.8, 4) is 0 Å². The lowest BCUT2D eigenvalue weighted by atomic mass is 10.2. The van der Waals surface area contributed by atoms with Crippen molar-refractivity contribution in [2.45, 2.75) is 6.92 Å². The molecule has 0 fully saturated rings. The minimum absolute atomic E-state index is 0.294. The monoisotopic (exact) mass is 339 g/mol. The van der Waals surface area contributed by atoms with E-state index in [-0.39, 0.29) is 0 Å². The van der Waals surface area contributed by atoms with E-state index in [1.54, 1.807) is 23.9 Å². The molecule has 1 aromatic heterocycles. The summed E-state index contributed by atoms with van der Waals surface area (Å²) in [4.78, 5) is 34.6. The minimum Gasteiger partial charge on any atom is -0.324 e. The topological polar surface area (TPSA) is 147 Å². The Morgan fingerprint density at radius 1 is 1.04 bits per heavy atom. The van der Waals surface area contributed by atoms with E-state index >= 15 is 0 Å². The second-order valence-electron chi connectivity index (χ2n) is 4.43. The van der Waals surface area contributed by atoms with Gasteiger partial charge >= 0.3 is 11.4 Å². The Balaban J connectivity index is 2.87. The Kier molecular flexibility index (Phi) is 4.18. The molecule has 0 atom stereocenters. The molecule has 0 amide bonds. The molecular formula is C11H9N5O6S. The fourth-order valence-corrected chi connectivity index (χ4v) is 2.61. The van der Waals surface area contributed by atoms with Gasteiger partial charge in [-0.3, -0.25) is 30.3 Å². The maximum absolute atomic E-state index is 11.1. The molecule has 1 heterocycles. The van der Waals surface area contributed by atoms with Gasteiger partial charge in [-0.1, -0.05) is 0 Å². The van der Waals surface area contributed by atoms with Crippen LogP contribution in [0.1, 0.15) is 5.69 Å². The molecule has 0 saturated carbocycles. The molecule has 2 rings (SSSR count). The first kappa shape index (κ1) is 16.2. The third kappa shape index (κ3) is 3.06. The number of thiazole rings is 1. The van der Waals surface area contributed by atoms with E-state index in [1.807, 2.05) is 0 Å². The highest BCUT2D eigenvalue weighted by Crippen LogP contribution is 2.40. The molecule has 2 aromatic rings. The summed E-state index contributed by atoms with van der Waals surface area (Å²) < 4.78 is 1.60. The molecule has 120 valence electrons. The van der Waals surface area contributed by atoms with E-state index in [1.165, 1.54) is 0 Å². The Morgan fingerprint density at radius 2 is 1.57 bits per heavy atom. The largest absolute Gasteiger partial charge is 0.324 e. The minimum atomic E-state index is -0.931. The molecule has 12 heteroatoms. The summed E-state index contributed by atoms with van der Waals surface area (Å²) in [5.41, 5.74) is -2.05. The molecule has 0 bridgehead atoms. The summed E-state index contributed by atoms with van der Waals surface area (Å²) in [6, 6.07) is 1.32. The first-order chi connectivity index (χ1) is 10.7. The third-order valence-electron chi connectivity index (χ3n) is 3.02. The number of aromatic nitrogens is 1. The molecular weight excluding hydrogens is 330 g/mol. The Hall–Kier alpha value is -3.15. The van der Waals surface area contributed by atoms with Gasteiger partial charge in [0.2, 0.25) is 5.69 Å². The van der Waals surface area contributed by atoms with E-state index in [2.05, 4.69) is 4.99 Å². The van der Waals surface area contributed by atoms with Crippen LogP contribution >= 0.6 is 11.3 Å². The Morgan fingerprint density at radius 3 is 1.91 bits per heavy atom. The molecule has 11 nitrogen and oxygen atoms in total. The van der Waals surface area contributed by atoms with Crippen LogP contribution in [0.25, 0.3) is 0 Å². The van der Waals surface area contributed by atoms with Crippen LogP contribution in [0.15, 0.2) is 22.5 Å². The van der Waals surface area contributed by atoms with Crippen molar-refractivity contribution in [2.24, 2.45) is 12.0 Å². The second kappa shape index (κ2) is 5.92. The Bertz CT molecular complexity index is 864. The maximum atomic E-state index is 11.1. The van der Waals surface area contributed by atoms with Crippen molar-refractivity contribution in [2.75, 3.05) is 0 Å². The fourth-order valence-electron chi connectivity index (χ4n) is 1.73. The summed E-state index contributed by atoms with van der Waals surface area (Å²) in [6.45, 7) is 1.77. The van der Waals surface area contributed by atoms with Gasteiger partial charge < -0.3 is 4.57 Å². The van der Waals surface area contributed by atoms with Crippen molar-refractivity contribution < 1.29 is 14.8 Å². The zero-order chi connectivity index (χ0) is 17.3. The normalized spacial score (nSPS) is 11.5. The van der Waals surface area contributed by atoms with Crippen LogP contribution < -0.4 is 4.80 Å². The number of non-ortho nitro benzene ring substituents is 1. The quantitative estimate of drug-likeness (QED) is 0.617. The highest BCUT2D eigenvalue weighted by molar-refractivity contribution is 7.07. The van der Waals surface area contributed by atoms with Crippen LogP contribution in [0.2, 0.25) is 0 Å². The molecule has 0 aliphatic rings. The highest BCUT2D eigenvalue weighted by atomic mass is 32.1. The van der Waals surface area contributed by atoms with Gasteiger partial charge in [0.15, 0.2) is 4.80 Å². The summed E-state index contributed by atoms with van der Waals surface area (Å²) in [7, 11) is 1.65. The van der Waals surface area contributed by atoms with Crippen molar-refractivity contribution in [1.82, 2.24) is 4.57 Å². The van der Waals surface area contributed by atoms with Crippen molar-refractivity contribution in [1.29, 1.82) is 0 Å². The lowest BCUT2D eigenvalue weighted by molar-refractivity contribution is -0.402. The van der Waals surface area contributed by atoms with Crippen LogP contribution in [0.4, 0.5) is 22.7 Å². The van der Waals surface area contributed by atoms with E-state index in [4.69, 9.17) is 0 Å². The van der Waals surface area contributed by atoms with Gasteiger partial charge in [-0.05, 0) is 6.92 Å². The summed E-state index contributed by atoms with van der Waals surface area (Å²) in [5.74, 6) is 0. The van der Waals surface area contributed by atoms with Crippen molar-refractivity contribution in [3.63, 3.8) is 0 Å². The number of nitro groups is 3. The van der Waals surface area contributed by atoms with E-state index in [0.717, 1.165) is 17.0 Å². The SMILES string of the molecule is Cc1csc(=Nc2c([N+](=O)[O-])cc([N+](=O)[O-])cc2[N+](=O)[O-])n1C. The molecule has 0 spiro atoms. The molecule has 0 aliphatic heterocycles. The molecule has 23 heavy (non-hydrogen) atoms. The molecule has 0 radical (unpaired) electrons. The van der Waals surface area contributed by atoms with Gasteiger partial charge in [0, 0.05) is 18.1 Å². The smallest absolute Gasteiger partial charge is 0.308 e. The molecule has 0 saturated heterocycles. The summed E-state index contributed by atoms with van der Waals surface area (Å²) in [5, 5.41) is 34.8. The summed E-state index contributed by atoms with van der Waals surface area (Å²) >= 11 is 1.14. The number of aryl methyl sites for hydroxylation is 1. The van der Waals surface area contributed by atoms with Crippen molar-refractivity contribution in [3.05, 3.63) is 58.4 Å². The number of nitrogens with zero attached hydrogens (tertiary/aromatic N) is 5. The zero-order valence-electron chi connectivity index (χ0n) is 11.8. The van der Waals surface area contributed by atoms with Gasteiger partial charge in [0.25, 0.3) is 5.69 Å². The van der Waals surface area contributed by atoms with Gasteiger partial charge in [-0.15, -0.1) is 11.3 Å². The Labute approximate surface area is 131 Å². The second-order valence-corrected chi connectivity index (χ2v) is 5.27. The fraction of sp³-hybridized carbons (Fsp3) is 0.182. The molecule has 0 unspecified atom stereocenters. The first-order valence-electron chi connectivity index (χ1n) is 5.99. The standard InChI is InChI=1S/C11H9N5O6S/c1-6-5-23-11(13(6)2)12-10-8(15(19)20)3-7(14(17)18)4-9(10)16(21)22/h3-5H,1-2H3.